The van der Waals surface area contributed by atoms with Crippen LogP contribution in [-0.2, 0) is 9.53 Å². The largest absolute Gasteiger partial charge is 0.378 e. The van der Waals surface area contributed by atoms with Gasteiger partial charge in [-0.25, -0.2) is 0 Å². The zero-order chi connectivity index (χ0) is 13.7. The highest BCUT2D eigenvalue weighted by Crippen LogP contribution is 2.27. The first-order chi connectivity index (χ1) is 9.15. The van der Waals surface area contributed by atoms with Gasteiger partial charge in [0.25, 0.3) is 5.76 Å². The molecule has 0 spiro atoms. The quantitative estimate of drug-likeness (QED) is 0.831. The molecule has 0 bridgehead atoms. The van der Waals surface area contributed by atoms with Crippen molar-refractivity contribution in [2.24, 2.45) is 0 Å². The fourth-order valence-corrected chi connectivity index (χ4v) is 2.27. The molecule has 1 aromatic carbocycles. The summed E-state index contributed by atoms with van der Waals surface area (Å²) >= 11 is 0.450. The van der Waals surface area contributed by atoms with Gasteiger partial charge in [0.05, 0.1) is 13.2 Å². The number of thioether (sulfide) groups is 1. The molecule has 1 atom stereocenters. The second kappa shape index (κ2) is 6.83. The van der Waals surface area contributed by atoms with E-state index in [0.717, 1.165) is 0 Å². The van der Waals surface area contributed by atoms with Gasteiger partial charge in [-0.15, -0.1) is 0 Å². The summed E-state index contributed by atoms with van der Waals surface area (Å²) in [6.45, 7) is 1.53. The smallest absolute Gasteiger partial charge is 0.288 e. The van der Waals surface area contributed by atoms with E-state index in [4.69, 9.17) is 4.74 Å². The van der Waals surface area contributed by atoms with Crippen molar-refractivity contribution in [1.82, 2.24) is 5.32 Å². The van der Waals surface area contributed by atoms with Crippen molar-refractivity contribution >= 4 is 23.4 Å². The normalized spacial score (nSPS) is 19.4. The van der Waals surface area contributed by atoms with Crippen molar-refractivity contribution in [2.75, 3.05) is 25.1 Å². The van der Waals surface area contributed by atoms with Gasteiger partial charge in [0.15, 0.2) is 0 Å². The van der Waals surface area contributed by atoms with Crippen molar-refractivity contribution in [3.8, 4) is 0 Å². The number of morpholine rings is 1. The van der Waals surface area contributed by atoms with Crippen LogP contribution in [0, 0.1) is 0 Å². The predicted molar refractivity (Wildman–Crippen MR) is 69.5 cm³/mol. The van der Waals surface area contributed by atoms with Gasteiger partial charge in [-0.1, -0.05) is 17.8 Å². The highest BCUT2D eigenvalue weighted by Gasteiger charge is 2.21. The highest BCUT2D eigenvalue weighted by atomic mass is 32.2. The molecule has 0 saturated carbocycles. The topological polar surface area (TPSA) is 50.4 Å². The van der Waals surface area contributed by atoms with Crippen LogP contribution in [0.5, 0.6) is 0 Å². The number of hydrogen-bond donors (Lipinski definition) is 2. The number of nitrogens with one attached hydrogen (secondary N) is 2. The van der Waals surface area contributed by atoms with Crippen LogP contribution in [0.3, 0.4) is 0 Å². The second-order valence-corrected chi connectivity index (χ2v) is 5.04. The number of alkyl halides is 2. The number of rotatable bonds is 4. The molecule has 104 valence electrons. The zero-order valence-electron chi connectivity index (χ0n) is 10.1. The van der Waals surface area contributed by atoms with Gasteiger partial charge in [0.2, 0.25) is 5.91 Å². The molecule has 1 amide bonds. The van der Waals surface area contributed by atoms with Crippen LogP contribution < -0.4 is 10.6 Å². The van der Waals surface area contributed by atoms with Gasteiger partial charge in [0, 0.05) is 17.1 Å². The Morgan fingerprint density at radius 3 is 3.05 bits per heavy atom. The molecule has 7 heteroatoms. The Labute approximate surface area is 113 Å². The number of ether oxygens (including phenoxy) is 1. The third-order valence-electron chi connectivity index (χ3n) is 2.56. The summed E-state index contributed by atoms with van der Waals surface area (Å²) in [6, 6.07) is 6.00. The maximum absolute atomic E-state index is 12.3. The summed E-state index contributed by atoms with van der Waals surface area (Å²) in [7, 11) is 0. The molecule has 1 aliphatic rings. The minimum Gasteiger partial charge on any atom is -0.378 e. The van der Waals surface area contributed by atoms with Crippen molar-refractivity contribution in [2.45, 2.75) is 16.7 Å². The molecule has 1 fully saturated rings. The minimum absolute atomic E-state index is 0.223. The van der Waals surface area contributed by atoms with Gasteiger partial charge in [0.1, 0.15) is 6.04 Å². The fourth-order valence-electron chi connectivity index (χ4n) is 1.71. The van der Waals surface area contributed by atoms with Gasteiger partial charge in [-0.3, -0.25) is 4.79 Å². The number of hydrogen-bond acceptors (Lipinski definition) is 4. The van der Waals surface area contributed by atoms with Crippen molar-refractivity contribution in [1.29, 1.82) is 0 Å². The molecule has 1 heterocycles. The third-order valence-corrected chi connectivity index (χ3v) is 3.27. The van der Waals surface area contributed by atoms with Crippen LogP contribution in [0.25, 0.3) is 0 Å². The molecular formula is C12H14F2N2O2S. The Bertz CT molecular complexity index is 439. The number of amides is 1. The van der Waals surface area contributed by atoms with E-state index in [1.54, 1.807) is 18.2 Å². The summed E-state index contributed by atoms with van der Waals surface area (Å²) in [4.78, 5) is 12.3. The Morgan fingerprint density at radius 2 is 2.37 bits per heavy atom. The molecule has 1 unspecified atom stereocenters. The summed E-state index contributed by atoms with van der Waals surface area (Å²) in [5.41, 5.74) is 0.503. The number of benzene rings is 1. The van der Waals surface area contributed by atoms with Gasteiger partial charge in [-0.05, 0) is 18.2 Å². The van der Waals surface area contributed by atoms with E-state index in [-0.39, 0.29) is 5.91 Å². The first kappa shape index (κ1) is 14.2. The standard InChI is InChI=1S/C12H14F2N2O2S/c13-12(14)19-9-3-1-2-8(6-9)16-11(17)10-7-18-5-4-15-10/h1-3,6,10,12,15H,4-5,7H2,(H,16,17). The Kier molecular flexibility index (Phi) is 5.12. The Morgan fingerprint density at radius 1 is 1.53 bits per heavy atom. The lowest BCUT2D eigenvalue weighted by Crippen LogP contribution is -2.48. The Hall–Kier alpha value is -1.18. The van der Waals surface area contributed by atoms with E-state index in [9.17, 15) is 13.6 Å². The number of carbonyl (C=O) groups is 1. The van der Waals surface area contributed by atoms with Crippen LogP contribution >= 0.6 is 11.8 Å². The van der Waals surface area contributed by atoms with E-state index in [1.807, 2.05) is 0 Å². The SMILES string of the molecule is O=C(Nc1cccc(SC(F)F)c1)C1COCCN1. The van der Waals surface area contributed by atoms with Crippen LogP contribution in [-0.4, -0.2) is 37.5 Å². The molecule has 1 aromatic rings. The number of anilines is 1. The van der Waals surface area contributed by atoms with E-state index < -0.39 is 11.8 Å². The van der Waals surface area contributed by atoms with Crippen LogP contribution in [0.1, 0.15) is 0 Å². The van der Waals surface area contributed by atoms with Crippen LogP contribution in [0.15, 0.2) is 29.2 Å². The summed E-state index contributed by atoms with van der Waals surface area (Å²) in [5.74, 6) is -2.70. The monoisotopic (exact) mass is 288 g/mol. The lowest BCUT2D eigenvalue weighted by atomic mass is 10.2. The van der Waals surface area contributed by atoms with E-state index in [2.05, 4.69) is 10.6 Å². The summed E-state index contributed by atoms with van der Waals surface area (Å²) in [6.07, 6.45) is 0. The highest BCUT2D eigenvalue weighted by molar-refractivity contribution is 7.99. The molecule has 0 aromatic heterocycles. The van der Waals surface area contributed by atoms with E-state index in [1.165, 1.54) is 6.07 Å². The van der Waals surface area contributed by atoms with Gasteiger partial charge >= 0.3 is 0 Å². The molecule has 1 saturated heterocycles. The summed E-state index contributed by atoms with van der Waals surface area (Å²) < 4.78 is 29.7. The third kappa shape index (κ3) is 4.45. The zero-order valence-corrected chi connectivity index (χ0v) is 10.9. The maximum Gasteiger partial charge on any atom is 0.288 e. The average molecular weight is 288 g/mol. The molecular weight excluding hydrogens is 274 g/mol. The Balaban J connectivity index is 1.96. The summed E-state index contributed by atoms with van der Waals surface area (Å²) in [5, 5.41) is 5.71. The first-order valence-corrected chi connectivity index (χ1v) is 6.70. The van der Waals surface area contributed by atoms with Gasteiger partial charge in [-0.2, -0.15) is 8.78 Å². The molecule has 0 radical (unpaired) electrons. The predicted octanol–water partition coefficient (Wildman–Crippen LogP) is 1.93. The molecule has 2 rings (SSSR count). The van der Waals surface area contributed by atoms with Crippen molar-refractivity contribution in [3.63, 3.8) is 0 Å². The molecule has 2 N–H and O–H groups in total. The molecule has 0 aliphatic carbocycles. The molecule has 1 aliphatic heterocycles. The van der Waals surface area contributed by atoms with Gasteiger partial charge < -0.3 is 15.4 Å². The molecule has 19 heavy (non-hydrogen) atoms. The van der Waals surface area contributed by atoms with Crippen molar-refractivity contribution < 1.29 is 18.3 Å². The minimum atomic E-state index is -2.47. The van der Waals surface area contributed by atoms with E-state index in [0.29, 0.717) is 42.1 Å². The van der Waals surface area contributed by atoms with Crippen LogP contribution in [0.2, 0.25) is 0 Å². The number of halogens is 2. The second-order valence-electron chi connectivity index (χ2n) is 3.98. The fraction of sp³-hybridized carbons (Fsp3) is 0.417. The van der Waals surface area contributed by atoms with E-state index >= 15 is 0 Å². The van der Waals surface area contributed by atoms with Crippen LogP contribution in [0.4, 0.5) is 14.5 Å². The maximum atomic E-state index is 12.3. The first-order valence-electron chi connectivity index (χ1n) is 5.82. The lowest BCUT2D eigenvalue weighted by molar-refractivity contribution is -0.120. The average Bonchev–Trinajstić information content (AvgIpc) is 2.39. The molecule has 4 nitrogen and oxygen atoms in total. The van der Waals surface area contributed by atoms with Crippen molar-refractivity contribution in [3.05, 3.63) is 24.3 Å². The lowest BCUT2D eigenvalue weighted by Gasteiger charge is -2.22. The number of carbonyl (C=O) groups excluding carboxylic acids is 1.